The number of amides is 1. The van der Waals surface area contributed by atoms with Gasteiger partial charge in [0.05, 0.1) is 31.4 Å². The number of carboxylic acid groups (broad SMARTS) is 1. The summed E-state index contributed by atoms with van der Waals surface area (Å²) in [6, 6.07) is 9.42. The Hall–Kier alpha value is -3.92. The molecule has 5 heterocycles. The number of nitrogens with one attached hydrogen (secondary N) is 1. The van der Waals surface area contributed by atoms with Crippen LogP contribution < -0.4 is 35.2 Å². The largest absolute Gasteiger partial charge is 0.545 e. The highest BCUT2D eigenvalue weighted by Gasteiger charge is 2.35. The molecule has 55 heavy (non-hydrogen) atoms. The molecule has 0 radical (unpaired) electrons. The van der Waals surface area contributed by atoms with E-state index in [1.807, 2.05) is 0 Å². The first kappa shape index (κ1) is 38.0. The number of unbranched alkanes of at least 4 members (excludes halogenated alkanes) is 3. The summed E-state index contributed by atoms with van der Waals surface area (Å²) in [6.07, 6.45) is 14.6. The Labute approximate surface area is 329 Å². The van der Waals surface area contributed by atoms with E-state index in [2.05, 4.69) is 26.9 Å². The average molecular weight is 768 g/mol. The van der Waals surface area contributed by atoms with Crippen molar-refractivity contribution in [3.8, 4) is 11.5 Å². The molecule has 0 spiro atoms. The van der Waals surface area contributed by atoms with Crippen LogP contribution in [0.5, 0.6) is 11.5 Å². The number of halogens is 1. The van der Waals surface area contributed by atoms with E-state index in [1.165, 1.54) is 39.4 Å². The summed E-state index contributed by atoms with van der Waals surface area (Å²) >= 11 is 5.74. The monoisotopic (exact) mass is 767 g/mol. The molecule has 0 atom stereocenters. The van der Waals surface area contributed by atoms with Gasteiger partial charge in [-0.1, -0.05) is 18.9 Å². The van der Waals surface area contributed by atoms with Gasteiger partial charge in [-0.15, -0.1) is 11.6 Å². The first-order valence-electron chi connectivity index (χ1n) is 20.8. The number of aryl methyl sites for hydroxylation is 2. The first-order chi connectivity index (χ1) is 27.0. The Morgan fingerprint density at radius 2 is 1.56 bits per heavy atom. The van der Waals surface area contributed by atoms with Crippen LogP contribution in [0.4, 0.5) is 5.69 Å². The Morgan fingerprint density at radius 1 is 0.782 bits per heavy atom. The molecule has 5 aliphatic heterocycles. The van der Waals surface area contributed by atoms with Crippen molar-refractivity contribution in [3.05, 3.63) is 85.4 Å². The van der Waals surface area contributed by atoms with Crippen LogP contribution >= 0.6 is 11.6 Å². The number of fused-ring (bicyclic) bond motifs is 4. The third-order valence-corrected chi connectivity index (χ3v) is 12.3. The molecule has 9 nitrogen and oxygen atoms in total. The Morgan fingerprint density at radius 3 is 2.44 bits per heavy atom. The van der Waals surface area contributed by atoms with Crippen molar-refractivity contribution in [3.63, 3.8) is 0 Å². The van der Waals surface area contributed by atoms with Gasteiger partial charge in [-0.2, -0.15) is 0 Å². The Kier molecular flexibility index (Phi) is 12.1. The molecule has 0 aromatic heterocycles. The molecule has 3 aromatic rings. The summed E-state index contributed by atoms with van der Waals surface area (Å²) in [5.41, 5.74) is 9.09. The zero-order chi connectivity index (χ0) is 37.7. The smallest absolute Gasteiger partial charge is 0.251 e. The van der Waals surface area contributed by atoms with E-state index >= 15 is 0 Å². The predicted octanol–water partition coefficient (Wildman–Crippen LogP) is 4.83. The average Bonchev–Trinajstić information content (AvgIpc) is 3.55. The van der Waals surface area contributed by atoms with Gasteiger partial charge >= 0.3 is 0 Å². The van der Waals surface area contributed by atoms with Crippen molar-refractivity contribution in [2.45, 2.75) is 89.9 Å². The van der Waals surface area contributed by atoms with E-state index in [4.69, 9.17) is 25.8 Å². The van der Waals surface area contributed by atoms with Crippen LogP contribution in [0.1, 0.15) is 118 Å². The number of ether oxygens (including phenoxy) is 3. The molecule has 1 N–H and O–H groups in total. The molecular weight excluding hydrogens is 714 g/mol. The lowest BCUT2D eigenvalue weighted by Gasteiger charge is -2.36. The molecule has 10 heteroatoms. The zero-order valence-electron chi connectivity index (χ0n) is 32.1. The minimum atomic E-state index is -1.26. The van der Waals surface area contributed by atoms with Gasteiger partial charge in [-0.3, -0.25) is 4.79 Å². The summed E-state index contributed by atoms with van der Waals surface area (Å²) in [4.78, 5) is 29.2. The molecule has 8 rings (SSSR count). The molecule has 0 saturated heterocycles. The standard InChI is InChI=1S/C45H54ClN3O6/c46-17-5-1-2-8-23-53-25-26-54-24-18-47-44(50)32-15-16-33(45(51)52)36(29-32)39-37-27-30-11-3-6-19-48-21-9-13-34(40(30)48)42(37)55-43-35-14-10-22-49-20-7-4-12-31(41(35)49)28-38(39)43/h15-16,27-29H,1-14,17-26H2,(H-,47,50,51,52). The number of hydrogen-bond donors (Lipinski definition) is 1. The van der Waals surface area contributed by atoms with Crippen LogP contribution in [-0.2, 0) is 35.2 Å². The van der Waals surface area contributed by atoms with Crippen molar-refractivity contribution >= 4 is 34.7 Å². The molecule has 3 aromatic carbocycles. The maximum atomic E-state index is 13.7. The van der Waals surface area contributed by atoms with Crippen molar-refractivity contribution in [2.24, 2.45) is 0 Å². The third kappa shape index (κ3) is 7.90. The van der Waals surface area contributed by atoms with Crippen LogP contribution in [0.2, 0.25) is 0 Å². The maximum Gasteiger partial charge on any atom is 0.251 e. The number of carbonyl (C=O) groups excluding carboxylic acids is 2. The van der Waals surface area contributed by atoms with Crippen molar-refractivity contribution < 1.29 is 28.9 Å². The fourth-order valence-electron chi connectivity index (χ4n) is 9.50. The normalized spacial score (nSPS) is 16.9. The van der Waals surface area contributed by atoms with E-state index in [0.717, 1.165) is 144 Å². The molecule has 0 fully saturated rings. The van der Waals surface area contributed by atoms with E-state index in [1.54, 1.807) is 12.1 Å². The minimum Gasteiger partial charge on any atom is -0.545 e. The number of benzene rings is 3. The number of carbonyl (C=O) groups is 2. The summed E-state index contributed by atoms with van der Waals surface area (Å²) in [5, 5.41) is 18.2. The third-order valence-electron chi connectivity index (χ3n) is 12.0. The number of nitrogens with zero attached hydrogens (tertiary/aromatic N) is 2. The van der Waals surface area contributed by atoms with Gasteiger partial charge in [0.2, 0.25) is 5.36 Å². The predicted molar refractivity (Wildman–Crippen MR) is 213 cm³/mol. The molecular formula is C45H54ClN3O6. The van der Waals surface area contributed by atoms with Crippen LogP contribution in [0.3, 0.4) is 0 Å². The van der Waals surface area contributed by atoms with Gasteiger partial charge < -0.3 is 34.3 Å². The van der Waals surface area contributed by atoms with E-state index in [9.17, 15) is 14.7 Å². The number of rotatable bonds is 15. The fourth-order valence-corrected chi connectivity index (χ4v) is 9.69. The highest BCUT2D eigenvalue weighted by Crippen LogP contribution is 2.48. The summed E-state index contributed by atoms with van der Waals surface area (Å²) in [6.45, 7) is 6.50. The minimum absolute atomic E-state index is 0.0724. The Bertz CT molecular complexity index is 2080. The quantitative estimate of drug-likeness (QED) is 0.105. The lowest BCUT2D eigenvalue weighted by molar-refractivity contribution is -0.255. The second-order valence-electron chi connectivity index (χ2n) is 15.7. The molecule has 0 bridgehead atoms. The van der Waals surface area contributed by atoms with Crippen LogP contribution in [0.15, 0.2) is 30.3 Å². The first-order valence-corrected chi connectivity index (χ1v) is 21.3. The van der Waals surface area contributed by atoms with Crippen LogP contribution in [0, 0.1) is 0 Å². The van der Waals surface area contributed by atoms with E-state index in [0.29, 0.717) is 50.0 Å². The van der Waals surface area contributed by atoms with Crippen molar-refractivity contribution in [1.29, 1.82) is 0 Å². The van der Waals surface area contributed by atoms with E-state index < -0.39 is 5.97 Å². The van der Waals surface area contributed by atoms with Gasteiger partial charge in [-0.25, -0.2) is 4.58 Å². The number of hydrogen-bond acceptors (Lipinski definition) is 7. The van der Waals surface area contributed by atoms with Crippen molar-refractivity contribution in [1.82, 2.24) is 9.89 Å². The van der Waals surface area contributed by atoms with Gasteiger partial charge in [0, 0.05) is 89.3 Å². The molecule has 1 amide bonds. The van der Waals surface area contributed by atoms with Gasteiger partial charge in [0.25, 0.3) is 5.91 Å². The van der Waals surface area contributed by atoms with Gasteiger partial charge in [0.15, 0.2) is 0 Å². The van der Waals surface area contributed by atoms with Gasteiger partial charge in [-0.05, 0) is 99.6 Å². The number of alkyl halides is 1. The summed E-state index contributed by atoms with van der Waals surface area (Å²) in [7, 11) is 0. The summed E-state index contributed by atoms with van der Waals surface area (Å²) < 4.78 is 21.1. The number of carboxylic acids is 1. The highest BCUT2D eigenvalue weighted by molar-refractivity contribution is 6.17. The highest BCUT2D eigenvalue weighted by atomic mass is 35.5. The summed E-state index contributed by atoms with van der Waals surface area (Å²) in [5.74, 6) is 0.858. The number of anilines is 1. The number of aromatic carboxylic acids is 1. The SMILES string of the molecule is O=C(NCCOCCOCCCCCCCl)c1ccc(C(=O)[O-])c(C2=c3cc4c5c(c3Oc3c2cc2c6c3CCCN6CCCC2)CCC[N+]=5CCCC4)c1. The van der Waals surface area contributed by atoms with Gasteiger partial charge in [0.1, 0.15) is 24.6 Å². The molecule has 5 aliphatic rings. The molecule has 0 unspecified atom stereocenters. The maximum absolute atomic E-state index is 13.7. The van der Waals surface area contributed by atoms with Crippen LogP contribution in [-0.4, -0.2) is 76.9 Å². The van der Waals surface area contributed by atoms with Crippen molar-refractivity contribution in [2.75, 3.05) is 69.9 Å². The zero-order valence-corrected chi connectivity index (χ0v) is 32.8. The molecule has 0 aliphatic carbocycles. The molecule has 292 valence electrons. The second-order valence-corrected chi connectivity index (χ2v) is 16.1. The topological polar surface area (TPSA) is 103 Å². The van der Waals surface area contributed by atoms with E-state index in [-0.39, 0.29) is 11.5 Å². The lowest BCUT2D eigenvalue weighted by atomic mass is 9.82. The lowest BCUT2D eigenvalue weighted by Crippen LogP contribution is -2.41. The van der Waals surface area contributed by atoms with Crippen LogP contribution in [0.25, 0.3) is 5.57 Å². The Balaban J connectivity index is 1.15. The fraction of sp³-hybridized carbons (Fsp3) is 0.533. The second kappa shape index (κ2) is 17.5. The molecule has 0 saturated carbocycles.